The standard InChI is InChI=1S/C12H20N2O2S/c1-12(6-2-8-16-12)11(15)14(9-3-4-9)7-5-10(13)17/h9H,2-8H2,1H3,(H2,13,17). The molecule has 0 aromatic rings. The molecule has 2 fully saturated rings. The molecule has 1 heterocycles. The van der Waals surface area contributed by atoms with Crippen LogP contribution in [0.25, 0.3) is 0 Å². The highest BCUT2D eigenvalue weighted by atomic mass is 32.1. The molecule has 1 amide bonds. The fourth-order valence-electron chi connectivity index (χ4n) is 2.32. The molecule has 0 radical (unpaired) electrons. The van der Waals surface area contributed by atoms with Crippen molar-refractivity contribution >= 4 is 23.1 Å². The van der Waals surface area contributed by atoms with E-state index in [1.807, 2.05) is 11.8 Å². The lowest BCUT2D eigenvalue weighted by molar-refractivity contribution is -0.151. The Morgan fingerprint density at radius 1 is 1.59 bits per heavy atom. The van der Waals surface area contributed by atoms with Crippen LogP contribution in [0.4, 0.5) is 0 Å². The van der Waals surface area contributed by atoms with Gasteiger partial charge < -0.3 is 15.4 Å². The van der Waals surface area contributed by atoms with Crippen LogP contribution in [-0.4, -0.2) is 40.6 Å². The van der Waals surface area contributed by atoms with Crippen LogP contribution in [0.1, 0.15) is 39.0 Å². The second-order valence-electron chi connectivity index (χ2n) is 5.13. The number of amides is 1. The fourth-order valence-corrected chi connectivity index (χ4v) is 2.41. The number of carbonyl (C=O) groups excluding carboxylic acids is 1. The van der Waals surface area contributed by atoms with E-state index in [2.05, 4.69) is 0 Å². The van der Waals surface area contributed by atoms with Gasteiger partial charge in [-0.25, -0.2) is 0 Å². The molecule has 2 rings (SSSR count). The summed E-state index contributed by atoms with van der Waals surface area (Å²) < 4.78 is 5.61. The average molecular weight is 256 g/mol. The van der Waals surface area contributed by atoms with E-state index in [-0.39, 0.29) is 5.91 Å². The van der Waals surface area contributed by atoms with Gasteiger partial charge in [0, 0.05) is 25.6 Å². The van der Waals surface area contributed by atoms with Crippen LogP contribution >= 0.6 is 12.2 Å². The van der Waals surface area contributed by atoms with E-state index >= 15 is 0 Å². The fraction of sp³-hybridized carbons (Fsp3) is 0.833. The van der Waals surface area contributed by atoms with Gasteiger partial charge in [0.05, 0.1) is 4.99 Å². The van der Waals surface area contributed by atoms with E-state index in [4.69, 9.17) is 22.7 Å². The summed E-state index contributed by atoms with van der Waals surface area (Å²) in [6.07, 6.45) is 4.59. The Morgan fingerprint density at radius 3 is 2.76 bits per heavy atom. The molecule has 1 aliphatic heterocycles. The van der Waals surface area contributed by atoms with Gasteiger partial charge in [-0.05, 0) is 32.6 Å². The second-order valence-corrected chi connectivity index (χ2v) is 5.65. The molecule has 17 heavy (non-hydrogen) atoms. The first-order valence-electron chi connectivity index (χ1n) is 6.26. The molecule has 2 aliphatic rings. The number of thiocarbonyl (C=S) groups is 1. The third kappa shape index (κ3) is 2.96. The van der Waals surface area contributed by atoms with E-state index < -0.39 is 5.60 Å². The normalized spacial score (nSPS) is 28.1. The van der Waals surface area contributed by atoms with E-state index in [0.29, 0.717) is 30.6 Å². The van der Waals surface area contributed by atoms with Gasteiger partial charge in [0.25, 0.3) is 5.91 Å². The average Bonchev–Trinajstić information content (AvgIpc) is 3.01. The van der Waals surface area contributed by atoms with E-state index in [9.17, 15) is 4.79 Å². The smallest absolute Gasteiger partial charge is 0.254 e. The Balaban J connectivity index is 1.99. The highest BCUT2D eigenvalue weighted by Gasteiger charge is 2.44. The number of hydrogen-bond acceptors (Lipinski definition) is 3. The molecule has 4 nitrogen and oxygen atoms in total. The van der Waals surface area contributed by atoms with Crippen LogP contribution in [0.5, 0.6) is 0 Å². The first-order valence-corrected chi connectivity index (χ1v) is 6.67. The molecule has 0 spiro atoms. The minimum Gasteiger partial charge on any atom is -0.393 e. The van der Waals surface area contributed by atoms with Crippen molar-refractivity contribution in [1.82, 2.24) is 4.90 Å². The number of hydrogen-bond donors (Lipinski definition) is 1. The van der Waals surface area contributed by atoms with Crippen LogP contribution in [0, 0.1) is 0 Å². The molecule has 1 atom stereocenters. The summed E-state index contributed by atoms with van der Waals surface area (Å²) in [6, 6.07) is 0.387. The molecule has 0 aromatic heterocycles. The summed E-state index contributed by atoms with van der Waals surface area (Å²) in [6.45, 7) is 3.23. The van der Waals surface area contributed by atoms with Crippen molar-refractivity contribution in [1.29, 1.82) is 0 Å². The number of nitrogens with two attached hydrogens (primary N) is 1. The molecule has 1 unspecified atom stereocenters. The van der Waals surface area contributed by atoms with Crippen molar-refractivity contribution in [3.63, 3.8) is 0 Å². The molecule has 1 saturated carbocycles. The third-order valence-electron chi connectivity index (χ3n) is 3.52. The molecule has 0 aromatic carbocycles. The van der Waals surface area contributed by atoms with Gasteiger partial charge in [-0.2, -0.15) is 0 Å². The summed E-state index contributed by atoms with van der Waals surface area (Å²) in [5.41, 5.74) is 4.90. The summed E-state index contributed by atoms with van der Waals surface area (Å²) in [5.74, 6) is 0.119. The van der Waals surface area contributed by atoms with Crippen molar-refractivity contribution in [2.24, 2.45) is 5.73 Å². The lowest BCUT2D eigenvalue weighted by Gasteiger charge is -2.31. The highest BCUT2D eigenvalue weighted by Crippen LogP contribution is 2.33. The SMILES string of the molecule is CC1(C(=O)N(CCC(N)=S)C2CC2)CCCO1. The minimum atomic E-state index is -0.612. The zero-order chi connectivity index (χ0) is 12.5. The van der Waals surface area contributed by atoms with Gasteiger partial charge in [-0.3, -0.25) is 4.79 Å². The molecule has 96 valence electrons. The number of ether oxygens (including phenoxy) is 1. The maximum atomic E-state index is 12.5. The minimum absolute atomic E-state index is 0.119. The Morgan fingerprint density at radius 2 is 2.29 bits per heavy atom. The summed E-state index contributed by atoms with van der Waals surface area (Å²) in [5, 5.41) is 0. The second kappa shape index (κ2) is 4.90. The largest absolute Gasteiger partial charge is 0.393 e. The predicted octanol–water partition coefficient (Wildman–Crippen LogP) is 1.22. The number of nitrogens with zero attached hydrogens (tertiary/aromatic N) is 1. The van der Waals surface area contributed by atoms with Gasteiger partial charge in [-0.1, -0.05) is 12.2 Å². The van der Waals surface area contributed by atoms with Crippen molar-refractivity contribution in [3.05, 3.63) is 0 Å². The van der Waals surface area contributed by atoms with Gasteiger partial charge >= 0.3 is 0 Å². The Kier molecular flexibility index (Phi) is 3.68. The highest BCUT2D eigenvalue weighted by molar-refractivity contribution is 7.80. The van der Waals surface area contributed by atoms with E-state index in [0.717, 1.165) is 25.7 Å². The monoisotopic (exact) mass is 256 g/mol. The Bertz CT molecular complexity index is 322. The lowest BCUT2D eigenvalue weighted by Crippen LogP contribution is -2.48. The quantitative estimate of drug-likeness (QED) is 0.752. The zero-order valence-electron chi connectivity index (χ0n) is 10.3. The zero-order valence-corrected chi connectivity index (χ0v) is 11.1. The number of carbonyl (C=O) groups is 1. The Labute approximate surface area is 107 Å². The van der Waals surface area contributed by atoms with E-state index in [1.165, 1.54) is 0 Å². The van der Waals surface area contributed by atoms with Crippen molar-refractivity contribution in [2.45, 2.75) is 50.7 Å². The van der Waals surface area contributed by atoms with Crippen LogP contribution in [0.3, 0.4) is 0 Å². The molecule has 1 aliphatic carbocycles. The van der Waals surface area contributed by atoms with Crippen LogP contribution < -0.4 is 5.73 Å². The van der Waals surface area contributed by atoms with Gasteiger partial charge in [0.2, 0.25) is 0 Å². The maximum absolute atomic E-state index is 12.5. The summed E-state index contributed by atoms with van der Waals surface area (Å²) >= 11 is 4.88. The van der Waals surface area contributed by atoms with E-state index in [1.54, 1.807) is 0 Å². The topological polar surface area (TPSA) is 55.6 Å². The molecular weight excluding hydrogens is 236 g/mol. The molecule has 2 N–H and O–H groups in total. The van der Waals surface area contributed by atoms with Crippen LogP contribution in [0.15, 0.2) is 0 Å². The summed E-state index contributed by atoms with van der Waals surface area (Å²) in [4.78, 5) is 14.9. The maximum Gasteiger partial charge on any atom is 0.254 e. The molecule has 0 bridgehead atoms. The number of rotatable bonds is 5. The molecule has 1 saturated heterocycles. The molecule has 5 heteroatoms. The first-order chi connectivity index (χ1) is 8.03. The van der Waals surface area contributed by atoms with Crippen LogP contribution in [0.2, 0.25) is 0 Å². The predicted molar refractivity (Wildman–Crippen MR) is 69.7 cm³/mol. The summed E-state index contributed by atoms with van der Waals surface area (Å²) in [7, 11) is 0. The third-order valence-corrected chi connectivity index (χ3v) is 3.72. The van der Waals surface area contributed by atoms with Gasteiger partial charge in [-0.15, -0.1) is 0 Å². The lowest BCUT2D eigenvalue weighted by atomic mass is 10.0. The van der Waals surface area contributed by atoms with Gasteiger partial charge in [0.1, 0.15) is 5.60 Å². The van der Waals surface area contributed by atoms with Gasteiger partial charge in [0.15, 0.2) is 0 Å². The first kappa shape index (κ1) is 12.8. The van der Waals surface area contributed by atoms with Crippen LogP contribution in [-0.2, 0) is 9.53 Å². The van der Waals surface area contributed by atoms with Crippen molar-refractivity contribution in [3.8, 4) is 0 Å². The molecular formula is C12H20N2O2S. The van der Waals surface area contributed by atoms with Crippen molar-refractivity contribution < 1.29 is 9.53 Å². The Hall–Kier alpha value is -0.680. The van der Waals surface area contributed by atoms with Crippen molar-refractivity contribution in [2.75, 3.05) is 13.2 Å².